The number of carbonyl (C=O) groups excluding carboxylic acids is 1. The second kappa shape index (κ2) is 6.56. The molecule has 1 rings (SSSR count). The van der Waals surface area contributed by atoms with Crippen molar-refractivity contribution in [1.29, 1.82) is 0 Å². The van der Waals surface area contributed by atoms with Gasteiger partial charge in [-0.3, -0.25) is 9.78 Å². The highest BCUT2D eigenvalue weighted by atomic mass is 19.4. The lowest BCUT2D eigenvalue weighted by Gasteiger charge is -2.15. The van der Waals surface area contributed by atoms with Crippen molar-refractivity contribution in [1.82, 2.24) is 4.98 Å². The zero-order valence-electron chi connectivity index (χ0n) is 11.1. The van der Waals surface area contributed by atoms with Gasteiger partial charge in [0.15, 0.2) is 5.75 Å². The Labute approximate surface area is 113 Å². The second-order valence-corrected chi connectivity index (χ2v) is 3.94. The minimum absolute atomic E-state index is 0.0541. The number of alkyl halides is 3. The number of aromatic nitrogens is 1. The summed E-state index contributed by atoms with van der Waals surface area (Å²) in [6.45, 7) is 3.07. The molecule has 1 heterocycles. The van der Waals surface area contributed by atoms with Crippen molar-refractivity contribution in [2.45, 2.75) is 33.2 Å². The first-order valence-electron chi connectivity index (χ1n) is 5.87. The number of nitrogens with two attached hydrogens (primary N) is 1. The molecule has 0 spiro atoms. The lowest BCUT2D eigenvalue weighted by Crippen LogP contribution is -2.21. The van der Waals surface area contributed by atoms with Crippen LogP contribution in [0, 0.1) is 6.92 Å². The van der Waals surface area contributed by atoms with Gasteiger partial charge in [0.05, 0.1) is 24.4 Å². The summed E-state index contributed by atoms with van der Waals surface area (Å²) >= 11 is 0. The molecule has 0 saturated heterocycles. The molecule has 5 nitrogen and oxygen atoms in total. The average Bonchev–Trinajstić information content (AvgIpc) is 2.31. The summed E-state index contributed by atoms with van der Waals surface area (Å²) < 4.78 is 45.5. The number of aryl methyl sites for hydroxylation is 1. The van der Waals surface area contributed by atoms with Crippen molar-refractivity contribution in [3.8, 4) is 5.75 Å². The molecular weight excluding hydrogens is 277 g/mol. The van der Waals surface area contributed by atoms with Gasteiger partial charge in [-0.25, -0.2) is 0 Å². The predicted molar refractivity (Wildman–Crippen MR) is 63.9 cm³/mol. The maximum absolute atomic E-state index is 12.3. The third kappa shape index (κ3) is 4.69. The fourth-order valence-corrected chi connectivity index (χ4v) is 1.64. The third-order valence-electron chi connectivity index (χ3n) is 2.32. The van der Waals surface area contributed by atoms with E-state index < -0.39 is 18.1 Å². The lowest BCUT2D eigenvalue weighted by atomic mass is 10.1. The van der Waals surface area contributed by atoms with Gasteiger partial charge in [0.1, 0.15) is 0 Å². The number of hydrogen-bond acceptors (Lipinski definition) is 5. The monoisotopic (exact) mass is 292 g/mol. The van der Waals surface area contributed by atoms with Crippen molar-refractivity contribution < 1.29 is 27.4 Å². The molecule has 0 bridgehead atoms. The number of esters is 1. The van der Waals surface area contributed by atoms with Crippen LogP contribution in [-0.2, 0) is 22.5 Å². The first-order chi connectivity index (χ1) is 9.26. The van der Waals surface area contributed by atoms with E-state index in [0.29, 0.717) is 0 Å². The van der Waals surface area contributed by atoms with E-state index in [9.17, 15) is 18.0 Å². The highest BCUT2D eigenvalue weighted by Crippen LogP contribution is 2.29. The van der Waals surface area contributed by atoms with Gasteiger partial charge in [0, 0.05) is 6.54 Å². The number of rotatable bonds is 5. The summed E-state index contributed by atoms with van der Waals surface area (Å²) in [5.74, 6) is -0.931. The first kappa shape index (κ1) is 16.2. The Hall–Kier alpha value is -1.83. The summed E-state index contributed by atoms with van der Waals surface area (Å²) in [4.78, 5) is 15.2. The van der Waals surface area contributed by atoms with Crippen LogP contribution >= 0.6 is 0 Å². The number of pyridine rings is 1. The molecule has 0 aliphatic rings. The smallest absolute Gasteiger partial charge is 0.466 e. The Kier molecular flexibility index (Phi) is 5.32. The largest absolute Gasteiger partial charge is 0.573 e. The van der Waals surface area contributed by atoms with Crippen LogP contribution in [0.15, 0.2) is 6.07 Å². The van der Waals surface area contributed by atoms with Gasteiger partial charge in [-0.2, -0.15) is 0 Å². The maximum Gasteiger partial charge on any atom is 0.573 e. The molecule has 1 aromatic heterocycles. The molecule has 0 aliphatic carbocycles. The van der Waals surface area contributed by atoms with Crippen molar-refractivity contribution >= 4 is 5.97 Å². The van der Waals surface area contributed by atoms with Gasteiger partial charge >= 0.3 is 12.3 Å². The van der Waals surface area contributed by atoms with Crippen LogP contribution in [0.3, 0.4) is 0 Å². The molecule has 0 atom stereocenters. The molecule has 20 heavy (non-hydrogen) atoms. The Bertz CT molecular complexity index is 490. The topological polar surface area (TPSA) is 74.4 Å². The van der Waals surface area contributed by atoms with E-state index in [4.69, 9.17) is 10.5 Å². The van der Waals surface area contributed by atoms with Crippen molar-refractivity contribution in [2.75, 3.05) is 6.61 Å². The van der Waals surface area contributed by atoms with E-state index in [1.165, 1.54) is 13.0 Å². The van der Waals surface area contributed by atoms with E-state index >= 15 is 0 Å². The van der Waals surface area contributed by atoms with Crippen LogP contribution in [0.25, 0.3) is 0 Å². The summed E-state index contributed by atoms with van der Waals surface area (Å²) in [7, 11) is 0. The van der Waals surface area contributed by atoms with E-state index in [1.54, 1.807) is 6.92 Å². The maximum atomic E-state index is 12.3. The van der Waals surface area contributed by atoms with Gasteiger partial charge in [-0.15, -0.1) is 13.2 Å². The minimum atomic E-state index is -4.82. The quantitative estimate of drug-likeness (QED) is 0.838. The second-order valence-electron chi connectivity index (χ2n) is 3.94. The Morgan fingerprint density at radius 1 is 1.45 bits per heavy atom. The molecule has 0 amide bonds. The molecular formula is C12H15F3N2O3. The highest BCUT2D eigenvalue weighted by molar-refractivity contribution is 5.72. The first-order valence-corrected chi connectivity index (χ1v) is 5.87. The molecule has 2 N–H and O–H groups in total. The van der Waals surface area contributed by atoms with Gasteiger partial charge in [0.25, 0.3) is 0 Å². The summed E-state index contributed by atoms with van der Waals surface area (Å²) in [6, 6.07) is 1.34. The van der Waals surface area contributed by atoms with Crippen molar-refractivity contribution in [3.63, 3.8) is 0 Å². The molecule has 0 saturated carbocycles. The molecule has 0 radical (unpaired) electrons. The molecule has 0 aliphatic heterocycles. The van der Waals surface area contributed by atoms with E-state index in [0.717, 1.165) is 0 Å². The van der Waals surface area contributed by atoms with Crippen LogP contribution in [0.1, 0.15) is 23.9 Å². The molecule has 0 fully saturated rings. The number of hydrogen-bond donors (Lipinski definition) is 1. The third-order valence-corrected chi connectivity index (χ3v) is 2.32. The summed E-state index contributed by atoms with van der Waals surface area (Å²) in [6.07, 6.45) is -4.95. The van der Waals surface area contributed by atoms with Crippen LogP contribution in [-0.4, -0.2) is 23.9 Å². The number of ether oxygens (including phenoxy) is 2. The Balaban J connectivity index is 3.04. The summed E-state index contributed by atoms with van der Waals surface area (Å²) in [5, 5.41) is 0. The number of halogens is 3. The zero-order valence-corrected chi connectivity index (χ0v) is 11.1. The number of carbonyl (C=O) groups is 1. The summed E-state index contributed by atoms with van der Waals surface area (Å²) in [5.41, 5.74) is 5.81. The van der Waals surface area contributed by atoms with Crippen LogP contribution in [0.5, 0.6) is 5.75 Å². The normalized spacial score (nSPS) is 11.3. The van der Waals surface area contributed by atoms with Crippen molar-refractivity contribution in [3.05, 3.63) is 23.0 Å². The minimum Gasteiger partial charge on any atom is -0.466 e. The predicted octanol–water partition coefficient (Wildman–Crippen LogP) is 1.85. The van der Waals surface area contributed by atoms with Crippen LogP contribution < -0.4 is 10.5 Å². The van der Waals surface area contributed by atoms with Crippen molar-refractivity contribution in [2.24, 2.45) is 5.73 Å². The van der Waals surface area contributed by atoms with Crippen LogP contribution in [0.4, 0.5) is 13.2 Å². The fourth-order valence-electron chi connectivity index (χ4n) is 1.64. The van der Waals surface area contributed by atoms with E-state index in [2.05, 4.69) is 9.72 Å². The fraction of sp³-hybridized carbons (Fsp3) is 0.500. The molecule has 0 unspecified atom stereocenters. The number of nitrogens with zero attached hydrogens (tertiary/aromatic N) is 1. The van der Waals surface area contributed by atoms with Crippen LogP contribution in [0.2, 0.25) is 0 Å². The average molecular weight is 292 g/mol. The standard InChI is InChI=1S/C12H15F3N2O3/c1-3-19-10(18)5-8-4-7(2)11(9(6-16)17-8)20-12(13,14)15/h4H,3,5-6,16H2,1-2H3. The van der Waals surface area contributed by atoms with Gasteiger partial charge < -0.3 is 15.2 Å². The molecule has 8 heteroatoms. The SMILES string of the molecule is CCOC(=O)Cc1cc(C)c(OC(F)(F)F)c(CN)n1. The van der Waals surface area contributed by atoms with E-state index in [-0.39, 0.29) is 36.5 Å². The van der Waals surface area contributed by atoms with Gasteiger partial charge in [-0.1, -0.05) is 0 Å². The van der Waals surface area contributed by atoms with Gasteiger partial charge in [-0.05, 0) is 25.5 Å². The van der Waals surface area contributed by atoms with E-state index in [1.807, 2.05) is 0 Å². The zero-order chi connectivity index (χ0) is 15.3. The molecule has 0 aromatic carbocycles. The molecule has 112 valence electrons. The Morgan fingerprint density at radius 2 is 2.10 bits per heavy atom. The molecule has 1 aromatic rings. The lowest BCUT2D eigenvalue weighted by molar-refractivity contribution is -0.275. The van der Waals surface area contributed by atoms with Gasteiger partial charge in [0.2, 0.25) is 0 Å². The highest BCUT2D eigenvalue weighted by Gasteiger charge is 2.33. The Morgan fingerprint density at radius 3 is 2.60 bits per heavy atom.